The maximum absolute atomic E-state index is 11.7. The van der Waals surface area contributed by atoms with E-state index in [4.69, 9.17) is 9.47 Å². The largest absolute Gasteiger partial charge is 0.346 e. The van der Waals surface area contributed by atoms with Gasteiger partial charge in [0.1, 0.15) is 0 Å². The average molecular weight is 260 g/mol. The maximum atomic E-state index is 11.7. The first kappa shape index (κ1) is 11.8. The van der Waals surface area contributed by atoms with Crippen molar-refractivity contribution < 1.29 is 14.3 Å². The van der Waals surface area contributed by atoms with Crippen molar-refractivity contribution in [3.63, 3.8) is 0 Å². The fourth-order valence-electron chi connectivity index (χ4n) is 1.78. The van der Waals surface area contributed by atoms with E-state index >= 15 is 0 Å². The van der Waals surface area contributed by atoms with Crippen molar-refractivity contribution in [2.24, 2.45) is 0 Å². The van der Waals surface area contributed by atoms with Gasteiger partial charge < -0.3 is 14.8 Å². The summed E-state index contributed by atoms with van der Waals surface area (Å²) < 4.78 is 10.8. The summed E-state index contributed by atoms with van der Waals surface area (Å²) in [5.41, 5.74) is 1.85. The molecular weight excluding hydrogens is 248 g/mol. The Labute approximate surface area is 108 Å². The standard InChI is InChI=1S/C12H12N4O3/c17-11(10-7-13-16-15-10)14-9-3-1-8(2-4-9)12-18-5-6-19-12/h1-4,7,12H,5-6H2,(H,14,17)(H,13,15,16). The molecule has 1 saturated heterocycles. The van der Waals surface area contributed by atoms with Gasteiger partial charge in [-0.1, -0.05) is 12.1 Å². The Bertz CT molecular complexity index is 547. The zero-order valence-electron chi connectivity index (χ0n) is 10.00. The molecular formula is C12H12N4O3. The first-order valence-electron chi connectivity index (χ1n) is 5.83. The SMILES string of the molecule is O=C(Nc1ccc(C2OCCO2)cc1)c1cn[nH]n1. The number of aromatic nitrogens is 3. The third-order valence-corrected chi connectivity index (χ3v) is 2.71. The number of nitrogens with zero attached hydrogens (tertiary/aromatic N) is 2. The van der Waals surface area contributed by atoms with Crippen LogP contribution in [-0.2, 0) is 9.47 Å². The summed E-state index contributed by atoms with van der Waals surface area (Å²) in [6.45, 7) is 1.21. The summed E-state index contributed by atoms with van der Waals surface area (Å²) in [6, 6.07) is 7.29. The number of nitrogens with one attached hydrogen (secondary N) is 2. The molecule has 0 atom stereocenters. The Kier molecular flexibility index (Phi) is 3.21. The predicted octanol–water partition coefficient (Wildman–Crippen LogP) is 1.10. The number of hydrogen-bond acceptors (Lipinski definition) is 5. The molecule has 7 heteroatoms. The molecule has 19 heavy (non-hydrogen) atoms. The van der Waals surface area contributed by atoms with Gasteiger partial charge in [0.2, 0.25) is 0 Å². The molecule has 7 nitrogen and oxygen atoms in total. The van der Waals surface area contributed by atoms with Gasteiger partial charge in [0, 0.05) is 11.3 Å². The van der Waals surface area contributed by atoms with E-state index < -0.39 is 0 Å². The molecule has 2 heterocycles. The first-order chi connectivity index (χ1) is 9.33. The molecule has 1 fully saturated rings. The number of carbonyl (C=O) groups is 1. The quantitative estimate of drug-likeness (QED) is 0.862. The lowest BCUT2D eigenvalue weighted by Gasteiger charge is -2.10. The van der Waals surface area contributed by atoms with Crippen molar-refractivity contribution in [1.82, 2.24) is 15.4 Å². The molecule has 2 N–H and O–H groups in total. The lowest BCUT2D eigenvalue weighted by molar-refractivity contribution is -0.0441. The molecule has 1 aliphatic rings. The van der Waals surface area contributed by atoms with Crippen molar-refractivity contribution in [1.29, 1.82) is 0 Å². The molecule has 0 aliphatic carbocycles. The van der Waals surface area contributed by atoms with Crippen molar-refractivity contribution in [3.8, 4) is 0 Å². The van der Waals surface area contributed by atoms with Crippen LogP contribution in [0.3, 0.4) is 0 Å². The number of hydrogen-bond donors (Lipinski definition) is 2. The average Bonchev–Trinajstić information content (AvgIpc) is 3.13. The molecule has 0 unspecified atom stereocenters. The van der Waals surface area contributed by atoms with Crippen LogP contribution in [0.15, 0.2) is 30.5 Å². The van der Waals surface area contributed by atoms with E-state index in [2.05, 4.69) is 20.7 Å². The maximum Gasteiger partial charge on any atom is 0.277 e. The number of ether oxygens (including phenoxy) is 2. The Hall–Kier alpha value is -2.25. The minimum Gasteiger partial charge on any atom is -0.346 e. The van der Waals surface area contributed by atoms with E-state index in [0.717, 1.165) is 5.56 Å². The number of benzene rings is 1. The fraction of sp³-hybridized carbons (Fsp3) is 0.250. The third-order valence-electron chi connectivity index (χ3n) is 2.71. The highest BCUT2D eigenvalue weighted by Crippen LogP contribution is 2.24. The smallest absolute Gasteiger partial charge is 0.277 e. The highest BCUT2D eigenvalue weighted by molar-refractivity contribution is 6.02. The number of H-pyrrole nitrogens is 1. The van der Waals surface area contributed by atoms with Gasteiger partial charge in [0.25, 0.3) is 5.91 Å². The number of anilines is 1. The number of rotatable bonds is 3. The van der Waals surface area contributed by atoms with Crippen LogP contribution in [0.2, 0.25) is 0 Å². The van der Waals surface area contributed by atoms with Crippen LogP contribution in [0.4, 0.5) is 5.69 Å². The van der Waals surface area contributed by atoms with E-state index in [1.807, 2.05) is 12.1 Å². The van der Waals surface area contributed by atoms with Crippen molar-refractivity contribution in [3.05, 3.63) is 41.7 Å². The van der Waals surface area contributed by atoms with Crippen LogP contribution in [0.1, 0.15) is 22.3 Å². The minimum absolute atomic E-state index is 0.242. The molecule has 1 aromatic carbocycles. The van der Waals surface area contributed by atoms with Crippen LogP contribution < -0.4 is 5.32 Å². The summed E-state index contributed by atoms with van der Waals surface area (Å²) in [6.07, 6.45) is 1.06. The summed E-state index contributed by atoms with van der Waals surface area (Å²) >= 11 is 0. The second-order valence-electron chi connectivity index (χ2n) is 4.00. The monoisotopic (exact) mass is 260 g/mol. The van der Waals surface area contributed by atoms with Crippen LogP contribution in [0.25, 0.3) is 0 Å². The molecule has 1 aromatic heterocycles. The van der Waals surface area contributed by atoms with Gasteiger partial charge in [-0.2, -0.15) is 15.4 Å². The zero-order valence-corrected chi connectivity index (χ0v) is 10.00. The molecule has 1 aliphatic heterocycles. The topological polar surface area (TPSA) is 89.1 Å². The third kappa shape index (κ3) is 2.61. The Morgan fingerprint density at radius 3 is 2.63 bits per heavy atom. The van der Waals surface area contributed by atoms with E-state index in [-0.39, 0.29) is 17.9 Å². The summed E-state index contributed by atoms with van der Waals surface area (Å²) in [7, 11) is 0. The van der Waals surface area contributed by atoms with Crippen molar-refractivity contribution >= 4 is 11.6 Å². The first-order valence-corrected chi connectivity index (χ1v) is 5.83. The molecule has 0 bridgehead atoms. The molecule has 3 rings (SSSR count). The lowest BCUT2D eigenvalue weighted by atomic mass is 10.2. The fourth-order valence-corrected chi connectivity index (χ4v) is 1.78. The number of aromatic amines is 1. The van der Waals surface area contributed by atoms with E-state index in [1.165, 1.54) is 6.20 Å². The normalized spacial score (nSPS) is 15.6. The Balaban J connectivity index is 1.67. The van der Waals surface area contributed by atoms with Crippen LogP contribution in [0, 0.1) is 0 Å². The lowest BCUT2D eigenvalue weighted by Crippen LogP contribution is -2.12. The van der Waals surface area contributed by atoms with Crippen LogP contribution in [-0.4, -0.2) is 34.5 Å². The molecule has 0 spiro atoms. The summed E-state index contributed by atoms with van der Waals surface area (Å²) in [5, 5.41) is 12.4. The van der Waals surface area contributed by atoms with Gasteiger partial charge in [-0.05, 0) is 12.1 Å². The van der Waals surface area contributed by atoms with E-state index in [1.54, 1.807) is 12.1 Å². The van der Waals surface area contributed by atoms with Crippen molar-refractivity contribution in [2.45, 2.75) is 6.29 Å². The van der Waals surface area contributed by atoms with Crippen molar-refractivity contribution in [2.75, 3.05) is 18.5 Å². The molecule has 0 radical (unpaired) electrons. The second kappa shape index (κ2) is 5.17. The summed E-state index contributed by atoms with van der Waals surface area (Å²) in [5.74, 6) is -0.310. The van der Waals surface area contributed by atoms with Gasteiger partial charge in [0.05, 0.1) is 19.4 Å². The number of carbonyl (C=O) groups excluding carboxylic acids is 1. The summed E-state index contributed by atoms with van der Waals surface area (Å²) in [4.78, 5) is 11.7. The predicted molar refractivity (Wildman–Crippen MR) is 65.4 cm³/mol. The highest BCUT2D eigenvalue weighted by Gasteiger charge is 2.18. The Morgan fingerprint density at radius 1 is 1.26 bits per heavy atom. The van der Waals surface area contributed by atoms with E-state index in [9.17, 15) is 4.79 Å². The Morgan fingerprint density at radius 2 is 2.00 bits per heavy atom. The van der Waals surface area contributed by atoms with Gasteiger partial charge in [-0.25, -0.2) is 0 Å². The van der Waals surface area contributed by atoms with Crippen LogP contribution in [0.5, 0.6) is 0 Å². The highest BCUT2D eigenvalue weighted by atomic mass is 16.7. The number of amides is 1. The van der Waals surface area contributed by atoms with E-state index in [0.29, 0.717) is 18.9 Å². The molecule has 2 aromatic rings. The van der Waals surface area contributed by atoms with Crippen LogP contribution >= 0.6 is 0 Å². The van der Waals surface area contributed by atoms with Gasteiger partial charge in [-0.15, -0.1) is 0 Å². The minimum atomic E-state index is -0.310. The molecule has 0 saturated carbocycles. The molecule has 1 amide bonds. The molecule has 98 valence electrons. The zero-order chi connectivity index (χ0) is 13.1. The second-order valence-corrected chi connectivity index (χ2v) is 4.00. The van der Waals surface area contributed by atoms with Gasteiger partial charge >= 0.3 is 0 Å². The van der Waals surface area contributed by atoms with Gasteiger partial charge in [0.15, 0.2) is 12.0 Å². The van der Waals surface area contributed by atoms with Gasteiger partial charge in [-0.3, -0.25) is 4.79 Å².